The van der Waals surface area contributed by atoms with Crippen molar-refractivity contribution in [3.8, 4) is 0 Å². The molecule has 7 N–H and O–H groups in total. The van der Waals surface area contributed by atoms with Crippen molar-refractivity contribution in [1.82, 2.24) is 25.9 Å². The van der Waals surface area contributed by atoms with Gasteiger partial charge in [-0.1, -0.05) is 13.8 Å². The third-order valence-electron chi connectivity index (χ3n) is 4.62. The van der Waals surface area contributed by atoms with E-state index < -0.39 is 47.9 Å². The molecule has 32 heavy (non-hydrogen) atoms. The van der Waals surface area contributed by atoms with Crippen molar-refractivity contribution >= 4 is 48.1 Å². The van der Waals surface area contributed by atoms with Crippen molar-refractivity contribution in [3.05, 3.63) is 18.2 Å². The maximum absolute atomic E-state index is 13.0. The minimum Gasteiger partial charge on any atom is -0.480 e. The van der Waals surface area contributed by atoms with Crippen molar-refractivity contribution in [3.63, 3.8) is 0 Å². The largest absolute Gasteiger partial charge is 0.480 e. The van der Waals surface area contributed by atoms with Crippen LogP contribution < -0.4 is 21.7 Å². The van der Waals surface area contributed by atoms with E-state index in [0.29, 0.717) is 17.9 Å². The quantitative estimate of drug-likeness (QED) is 0.166. The van der Waals surface area contributed by atoms with Gasteiger partial charge < -0.3 is 31.8 Å². The van der Waals surface area contributed by atoms with Crippen LogP contribution in [0.5, 0.6) is 0 Å². The molecule has 0 aromatic carbocycles. The van der Waals surface area contributed by atoms with Crippen LogP contribution in [0.25, 0.3) is 0 Å². The van der Waals surface area contributed by atoms with Crippen molar-refractivity contribution in [2.24, 2.45) is 11.7 Å². The van der Waals surface area contributed by atoms with Crippen LogP contribution in [0.1, 0.15) is 26.0 Å². The van der Waals surface area contributed by atoms with Crippen LogP contribution in [-0.4, -0.2) is 80.7 Å². The molecular weight excluding hydrogens is 456 g/mol. The Bertz CT molecular complexity index is 761. The van der Waals surface area contributed by atoms with E-state index in [-0.39, 0.29) is 18.1 Å². The number of hydrogen-bond acceptors (Lipinski definition) is 8. The smallest absolute Gasteiger partial charge is 0.326 e. The summed E-state index contributed by atoms with van der Waals surface area (Å²) in [4.78, 5) is 56.3. The SMILES string of the molecule is CSCCC(NC(=O)C(N)CS)C(=O)NC(Cc1cnc[nH]1)C(=O)NC(C(=O)O)C(C)C. The number of carboxylic acids is 1. The fourth-order valence-electron chi connectivity index (χ4n) is 2.73. The molecule has 1 rings (SSSR count). The van der Waals surface area contributed by atoms with Crippen LogP contribution >= 0.6 is 24.4 Å². The molecule has 1 aromatic rings. The molecule has 4 unspecified atom stereocenters. The lowest BCUT2D eigenvalue weighted by Crippen LogP contribution is -2.58. The summed E-state index contributed by atoms with van der Waals surface area (Å²) in [7, 11) is 0. The van der Waals surface area contributed by atoms with E-state index in [4.69, 9.17) is 5.73 Å². The Kier molecular flexibility index (Phi) is 12.2. The predicted octanol–water partition coefficient (Wildman–Crippen LogP) is -0.843. The highest BCUT2D eigenvalue weighted by Crippen LogP contribution is 2.07. The van der Waals surface area contributed by atoms with E-state index >= 15 is 0 Å². The summed E-state index contributed by atoms with van der Waals surface area (Å²) in [5.74, 6) is -2.60. The third kappa shape index (κ3) is 9.09. The number of carboxylic acid groups (broad SMARTS) is 1. The highest BCUT2D eigenvalue weighted by molar-refractivity contribution is 7.98. The predicted molar refractivity (Wildman–Crippen MR) is 125 cm³/mol. The summed E-state index contributed by atoms with van der Waals surface area (Å²) < 4.78 is 0. The zero-order chi connectivity index (χ0) is 24.3. The molecule has 0 aliphatic carbocycles. The first-order chi connectivity index (χ1) is 15.1. The van der Waals surface area contributed by atoms with Crippen LogP contribution in [-0.2, 0) is 25.6 Å². The van der Waals surface area contributed by atoms with Gasteiger partial charge in [0.1, 0.15) is 18.1 Å². The van der Waals surface area contributed by atoms with Gasteiger partial charge in [0.15, 0.2) is 0 Å². The molecule has 0 fully saturated rings. The topological polar surface area (TPSA) is 179 Å². The average Bonchev–Trinajstić information content (AvgIpc) is 3.25. The van der Waals surface area contributed by atoms with Crippen LogP contribution in [0.2, 0.25) is 0 Å². The molecule has 1 heterocycles. The number of aromatic nitrogens is 2. The second-order valence-electron chi connectivity index (χ2n) is 7.54. The van der Waals surface area contributed by atoms with Crippen molar-refractivity contribution in [2.45, 2.75) is 50.9 Å². The van der Waals surface area contributed by atoms with Gasteiger partial charge in [0, 0.05) is 24.1 Å². The first-order valence-electron chi connectivity index (χ1n) is 10.1. The lowest BCUT2D eigenvalue weighted by molar-refractivity contribution is -0.143. The van der Waals surface area contributed by atoms with E-state index in [1.54, 1.807) is 13.8 Å². The summed E-state index contributed by atoms with van der Waals surface area (Å²) in [6, 6.07) is -4.01. The Labute approximate surface area is 196 Å². The van der Waals surface area contributed by atoms with Gasteiger partial charge in [0.25, 0.3) is 0 Å². The molecular formula is C19H32N6O5S2. The van der Waals surface area contributed by atoms with Gasteiger partial charge >= 0.3 is 5.97 Å². The van der Waals surface area contributed by atoms with Gasteiger partial charge in [-0.15, -0.1) is 0 Å². The van der Waals surface area contributed by atoms with Crippen molar-refractivity contribution in [2.75, 3.05) is 17.8 Å². The molecule has 0 saturated heterocycles. The maximum atomic E-state index is 13.0. The second kappa shape index (κ2) is 14.0. The van der Waals surface area contributed by atoms with Crippen LogP contribution in [0.15, 0.2) is 12.5 Å². The third-order valence-corrected chi connectivity index (χ3v) is 5.66. The summed E-state index contributed by atoms with van der Waals surface area (Å²) in [5, 5.41) is 17.1. The molecule has 0 bridgehead atoms. The van der Waals surface area contributed by atoms with Gasteiger partial charge in [0.05, 0.1) is 12.4 Å². The first-order valence-corrected chi connectivity index (χ1v) is 12.1. The number of rotatable bonds is 14. The number of imidazole rings is 1. The standard InChI is InChI=1S/C19H32N6O5S2/c1-10(2)15(19(29)30)25-18(28)14(6-11-7-21-9-22-11)24-17(27)13(4-5-32-3)23-16(26)12(20)8-31/h7,9-10,12-15,31H,4-6,8,20H2,1-3H3,(H,21,22)(H,23,26)(H,24,27)(H,25,28)(H,29,30). The van der Waals surface area contributed by atoms with E-state index in [2.05, 4.69) is 38.5 Å². The molecule has 0 aliphatic heterocycles. The highest BCUT2D eigenvalue weighted by Gasteiger charge is 2.31. The molecule has 4 atom stereocenters. The maximum Gasteiger partial charge on any atom is 0.326 e. The number of aliphatic carboxylic acids is 1. The van der Waals surface area contributed by atoms with Gasteiger partial charge in [-0.05, 0) is 24.3 Å². The Hall–Kier alpha value is -2.25. The number of carbonyl (C=O) groups excluding carboxylic acids is 3. The Morgan fingerprint density at radius 1 is 1.16 bits per heavy atom. The second-order valence-corrected chi connectivity index (χ2v) is 8.89. The summed E-state index contributed by atoms with van der Waals surface area (Å²) in [6.07, 6.45) is 5.17. The summed E-state index contributed by atoms with van der Waals surface area (Å²) in [6.45, 7) is 3.33. The molecule has 0 saturated carbocycles. The van der Waals surface area contributed by atoms with Gasteiger partial charge in [-0.3, -0.25) is 14.4 Å². The Balaban J connectivity index is 3.03. The summed E-state index contributed by atoms with van der Waals surface area (Å²) in [5.41, 5.74) is 6.26. The number of carbonyl (C=O) groups is 4. The minimum absolute atomic E-state index is 0.0569. The molecule has 0 spiro atoms. The zero-order valence-electron chi connectivity index (χ0n) is 18.3. The first kappa shape index (κ1) is 27.8. The number of thioether (sulfide) groups is 1. The number of H-pyrrole nitrogens is 1. The van der Waals surface area contributed by atoms with Crippen LogP contribution in [0.4, 0.5) is 0 Å². The number of amides is 3. The number of nitrogens with zero attached hydrogens (tertiary/aromatic N) is 1. The lowest BCUT2D eigenvalue weighted by Gasteiger charge is -2.25. The van der Waals surface area contributed by atoms with Crippen LogP contribution in [0, 0.1) is 5.92 Å². The van der Waals surface area contributed by atoms with Crippen LogP contribution in [0.3, 0.4) is 0 Å². The number of aromatic amines is 1. The van der Waals surface area contributed by atoms with E-state index in [9.17, 15) is 24.3 Å². The van der Waals surface area contributed by atoms with Gasteiger partial charge in [-0.2, -0.15) is 24.4 Å². The van der Waals surface area contributed by atoms with E-state index in [1.807, 2.05) is 6.26 Å². The Morgan fingerprint density at radius 2 is 1.78 bits per heavy atom. The lowest BCUT2D eigenvalue weighted by atomic mass is 10.0. The minimum atomic E-state index is -1.18. The van der Waals surface area contributed by atoms with Crippen molar-refractivity contribution in [1.29, 1.82) is 0 Å². The van der Waals surface area contributed by atoms with Gasteiger partial charge in [-0.25, -0.2) is 9.78 Å². The molecule has 11 nitrogen and oxygen atoms in total. The average molecular weight is 489 g/mol. The zero-order valence-corrected chi connectivity index (χ0v) is 20.0. The van der Waals surface area contributed by atoms with E-state index in [0.717, 1.165) is 0 Å². The molecule has 0 radical (unpaired) electrons. The summed E-state index contributed by atoms with van der Waals surface area (Å²) >= 11 is 5.49. The number of nitrogens with one attached hydrogen (secondary N) is 4. The normalized spacial score (nSPS) is 14.8. The molecule has 0 aliphatic rings. The molecule has 180 valence electrons. The van der Waals surface area contributed by atoms with E-state index in [1.165, 1.54) is 24.3 Å². The van der Waals surface area contributed by atoms with Crippen molar-refractivity contribution < 1.29 is 24.3 Å². The number of thiol groups is 1. The fourth-order valence-corrected chi connectivity index (χ4v) is 3.37. The monoisotopic (exact) mass is 488 g/mol. The number of nitrogens with two attached hydrogens (primary N) is 1. The van der Waals surface area contributed by atoms with Gasteiger partial charge in [0.2, 0.25) is 17.7 Å². The molecule has 13 heteroatoms. The molecule has 3 amide bonds. The fraction of sp³-hybridized carbons (Fsp3) is 0.632. The number of hydrogen-bond donors (Lipinski definition) is 7. The highest BCUT2D eigenvalue weighted by atomic mass is 32.2. The molecule has 1 aromatic heterocycles. The Morgan fingerprint density at radius 3 is 2.28 bits per heavy atom.